The molecule has 0 fully saturated rings. The van der Waals surface area contributed by atoms with Crippen LogP contribution < -0.4 is 28.7 Å². The molecule has 12 nitrogen and oxygen atoms in total. The summed E-state index contributed by atoms with van der Waals surface area (Å²) in [5, 5.41) is 9.21. The Kier molecular flexibility index (Phi) is 32.2. The molecular weight excluding hydrogens is 1630 g/mol. The first-order chi connectivity index (χ1) is 61.8. The van der Waals surface area contributed by atoms with Crippen molar-refractivity contribution < 1.29 is 18.9 Å². The summed E-state index contributed by atoms with van der Waals surface area (Å²) in [5.74, 6) is 3.62. The van der Waals surface area contributed by atoms with E-state index in [1.165, 1.54) is 256 Å². The van der Waals surface area contributed by atoms with Gasteiger partial charge in [-0.1, -0.05) is 234 Å². The number of hydrogen-bond acceptors (Lipinski definition) is 15. The van der Waals surface area contributed by atoms with Crippen LogP contribution in [0.3, 0.4) is 0 Å². The molecule has 0 aliphatic carbocycles. The summed E-state index contributed by atoms with van der Waals surface area (Å²) in [6.45, 7) is 18.4. The van der Waals surface area contributed by atoms with Crippen molar-refractivity contribution in [2.24, 2.45) is 0 Å². The molecule has 0 amide bonds. The minimum Gasteiger partial charge on any atom is -0.494 e. The van der Waals surface area contributed by atoms with E-state index in [0.717, 1.165) is 200 Å². The predicted molar refractivity (Wildman–Crippen MR) is 543 cm³/mol. The number of hydrogen-bond donors (Lipinski definition) is 0. The van der Waals surface area contributed by atoms with Gasteiger partial charge in [-0.3, -0.25) is 0 Å². The molecule has 0 saturated carbocycles. The van der Waals surface area contributed by atoms with Crippen LogP contribution in [0.25, 0.3) is 116 Å². The number of anilines is 6. The molecule has 0 bridgehead atoms. The second kappa shape index (κ2) is 45.1. The Morgan fingerprint density at radius 3 is 0.864 bits per heavy atom. The van der Waals surface area contributed by atoms with E-state index in [9.17, 15) is 0 Å². The zero-order chi connectivity index (χ0) is 85.5. The van der Waals surface area contributed by atoms with E-state index in [1.54, 1.807) is 22.7 Å². The van der Waals surface area contributed by atoms with Crippen LogP contribution in [-0.4, -0.2) is 54.3 Å². The molecule has 0 atom stereocenters. The number of ether oxygens (including phenoxy) is 4. The molecule has 656 valence electrons. The summed E-state index contributed by atoms with van der Waals surface area (Å²) in [5.41, 5.74) is 18.7. The molecule has 0 spiro atoms. The van der Waals surface area contributed by atoms with E-state index in [4.69, 9.17) is 37.7 Å². The Morgan fingerprint density at radius 2 is 0.552 bits per heavy atom. The van der Waals surface area contributed by atoms with Crippen LogP contribution in [0.2, 0.25) is 0 Å². The van der Waals surface area contributed by atoms with Gasteiger partial charge in [0.1, 0.15) is 45.1 Å². The first-order valence-electron chi connectivity index (χ1n) is 48.1. The van der Waals surface area contributed by atoms with Gasteiger partial charge >= 0.3 is 0 Å². The molecule has 8 heterocycles. The molecule has 16 aromatic rings. The molecule has 0 unspecified atom stereocenters. The topological polar surface area (TPSA) is 105 Å². The summed E-state index contributed by atoms with van der Waals surface area (Å²) >= 11 is 8.63. The van der Waals surface area contributed by atoms with Crippen molar-refractivity contribution in [2.45, 2.75) is 286 Å². The van der Waals surface area contributed by atoms with E-state index in [-0.39, 0.29) is 0 Å². The summed E-state index contributed by atoms with van der Waals surface area (Å²) in [6.07, 6.45) is 44.0. The maximum atomic E-state index is 6.42. The van der Waals surface area contributed by atoms with Crippen molar-refractivity contribution in [3.8, 4) is 43.9 Å². The fourth-order valence-corrected chi connectivity index (χ4v) is 23.5. The summed E-state index contributed by atoms with van der Waals surface area (Å²) < 4.78 is 46.9. The fourth-order valence-electron chi connectivity index (χ4n) is 18.4. The van der Waals surface area contributed by atoms with Crippen molar-refractivity contribution in [3.05, 3.63) is 168 Å². The highest BCUT2D eigenvalue weighted by molar-refractivity contribution is 7.26. The molecule has 0 N–H and O–H groups in total. The second-order valence-corrected chi connectivity index (χ2v) is 39.1. The lowest BCUT2D eigenvalue weighted by atomic mass is 10.0. The molecule has 125 heavy (non-hydrogen) atoms. The molecule has 8 aromatic carbocycles. The second-order valence-electron chi connectivity index (χ2n) is 34.7. The van der Waals surface area contributed by atoms with Crippen molar-refractivity contribution >= 4 is 187 Å². The van der Waals surface area contributed by atoms with E-state index in [2.05, 4.69) is 229 Å². The lowest BCUT2D eigenvalue weighted by Gasteiger charge is -2.26. The molecule has 17 heteroatoms. The molecule has 16 rings (SSSR count). The summed E-state index contributed by atoms with van der Waals surface area (Å²) in [7, 11) is 0. The minimum atomic E-state index is 0.725. The van der Waals surface area contributed by atoms with E-state index < -0.39 is 0 Å². The number of nitrogens with zero attached hydrogens (tertiary/aromatic N) is 8. The van der Waals surface area contributed by atoms with Gasteiger partial charge in [0.2, 0.25) is 0 Å². The highest BCUT2D eigenvalue weighted by atomic mass is 32.1. The molecule has 0 saturated heterocycles. The third kappa shape index (κ3) is 21.2. The number of rotatable bonds is 54. The monoisotopic (exact) mass is 1760 g/mol. The number of fused-ring (bicyclic) bond motifs is 14. The van der Waals surface area contributed by atoms with Crippen LogP contribution in [0.5, 0.6) is 23.0 Å². The first kappa shape index (κ1) is 89.3. The summed E-state index contributed by atoms with van der Waals surface area (Å²) in [6, 6.07) is 58.9. The number of benzene rings is 8. The smallest absolute Gasteiger partial charge is 0.119 e. The normalized spacial score (nSPS) is 12.0. The Hall–Kier alpha value is -9.10. The van der Waals surface area contributed by atoms with Crippen LogP contribution in [0.1, 0.15) is 273 Å². The molecule has 0 aliphatic rings. The highest BCUT2D eigenvalue weighted by Crippen LogP contribution is 2.53. The minimum absolute atomic E-state index is 0.725. The van der Waals surface area contributed by atoms with Crippen molar-refractivity contribution in [2.75, 3.05) is 36.2 Å². The zero-order valence-electron chi connectivity index (χ0n) is 75.1. The van der Waals surface area contributed by atoms with Gasteiger partial charge in [-0.25, -0.2) is 9.97 Å². The van der Waals surface area contributed by atoms with Crippen molar-refractivity contribution in [3.63, 3.8) is 0 Å². The van der Waals surface area contributed by atoms with Gasteiger partial charge in [-0.15, -0.1) is 45.3 Å². The highest BCUT2D eigenvalue weighted by Gasteiger charge is 2.30. The quantitative estimate of drug-likeness (QED) is 0.0270. The van der Waals surface area contributed by atoms with E-state index in [0.29, 0.717) is 0 Å². The first-order valence-corrected chi connectivity index (χ1v) is 52.3. The Balaban J connectivity index is 0.803. The number of unbranched alkanes of at least 4 members (excludes halogenated alkanes) is 30. The third-order valence-corrected chi connectivity index (χ3v) is 30.2. The Morgan fingerprint density at radius 1 is 0.264 bits per heavy atom. The number of aryl methyl sites for hydroxylation is 2. The lowest BCUT2D eigenvalue weighted by molar-refractivity contribution is 0.304. The van der Waals surface area contributed by atoms with E-state index in [1.807, 2.05) is 22.7 Å². The maximum absolute atomic E-state index is 6.42. The summed E-state index contributed by atoms with van der Waals surface area (Å²) in [4.78, 5) is 19.2. The maximum Gasteiger partial charge on any atom is 0.119 e. The van der Waals surface area contributed by atoms with Gasteiger partial charge in [-0.05, 0) is 207 Å². The Bertz CT molecular complexity index is 5600. The SMILES string of the molecule is CCCCCCCCOc1ccc(N(c2ccc(OCCCCCCCC)cc2)c2ccc3c4sc(-c5c6nsnc6c(-c6cc7c(s6)c6ccc(N(c8ccc(OCCCCCCCC)cc8)c8ccc(OCCCCCCCC)cc8)cc6n7CCCCCCCC)c6nc7c8ccsc8c8sccc8c7nc56)cc4n(CCCCCCCC)c3c2)cc1. The standard InChI is InChI=1S/C108H130N8O4S5/c1-7-13-19-25-31-37-65-113-91-73-81(115(77-43-53-83(54-44-77)117-67-39-33-27-21-15-9-3)78-45-55-84(56-46-78)118-68-40-34-28-22-16-10-4)51-61-87(91)105-93(113)75-95(123-105)97-101-102(110-100-90-64-72-122-108(90)107-89(63-71-121-107)99(100)109-101)98(104-103(97)111-125-112-104)96-76-94-106(124-96)88-62-52-82(74-92(88)114(94)66-38-32-26-20-14-8-2)116(79-47-57-85(58-48-79)119-69-41-35-29-23-17-11-5)80-49-59-86(60-50-80)120-70-42-36-30-24-18-12-6/h43-64,71-76H,7-42,65-70H2,1-6H3. The van der Waals surface area contributed by atoms with Gasteiger partial charge in [0.15, 0.2) is 0 Å². The van der Waals surface area contributed by atoms with Crippen molar-refractivity contribution in [1.82, 2.24) is 27.8 Å². The van der Waals surface area contributed by atoms with Crippen LogP contribution in [0.4, 0.5) is 34.1 Å². The van der Waals surface area contributed by atoms with Crippen LogP contribution in [0.15, 0.2) is 168 Å². The average Bonchev–Trinajstić information content (AvgIpc) is 1.57. The van der Waals surface area contributed by atoms with Crippen LogP contribution in [-0.2, 0) is 13.1 Å². The lowest BCUT2D eigenvalue weighted by Crippen LogP contribution is -2.10. The van der Waals surface area contributed by atoms with Gasteiger partial charge in [0.05, 0.1) is 90.1 Å². The van der Waals surface area contributed by atoms with Gasteiger partial charge in [-0.2, -0.15) is 8.75 Å². The predicted octanol–water partition coefficient (Wildman–Crippen LogP) is 35.5. The van der Waals surface area contributed by atoms with Crippen LogP contribution >= 0.6 is 57.1 Å². The average molecular weight is 1760 g/mol. The fraction of sp³-hybridized carbons (Fsp3) is 0.444. The van der Waals surface area contributed by atoms with Gasteiger partial charge in [0.25, 0.3) is 0 Å². The molecule has 0 radical (unpaired) electrons. The third-order valence-electron chi connectivity index (χ3n) is 25.3. The molecule has 8 aromatic heterocycles. The molecule has 0 aliphatic heterocycles. The largest absolute Gasteiger partial charge is 0.494 e. The number of thiophene rings is 4. The zero-order valence-corrected chi connectivity index (χ0v) is 79.2. The Labute approximate surface area is 762 Å². The van der Waals surface area contributed by atoms with Crippen LogP contribution in [0, 0.1) is 0 Å². The van der Waals surface area contributed by atoms with Gasteiger partial charge < -0.3 is 37.9 Å². The van der Waals surface area contributed by atoms with Gasteiger partial charge in [0, 0.05) is 89.6 Å². The van der Waals surface area contributed by atoms with Crippen molar-refractivity contribution in [1.29, 1.82) is 0 Å². The van der Waals surface area contributed by atoms with E-state index >= 15 is 0 Å². The molecular formula is C108H130N8O4S5. The number of aromatic nitrogens is 6.